The van der Waals surface area contributed by atoms with Gasteiger partial charge in [-0.15, -0.1) is 11.3 Å². The van der Waals surface area contributed by atoms with Gasteiger partial charge in [0, 0.05) is 19.1 Å². The van der Waals surface area contributed by atoms with Gasteiger partial charge in [0.25, 0.3) is 5.56 Å². The fourth-order valence-corrected chi connectivity index (χ4v) is 4.20. The Morgan fingerprint density at radius 1 is 1.45 bits per heavy atom. The molecule has 0 aliphatic carbocycles. The molecule has 2 aromatic heterocycles. The lowest BCUT2D eigenvalue weighted by Gasteiger charge is -2.24. The Bertz CT molecular complexity index is 665. The standard InChI is InChI=1S/C14H18N4OS/c19-14-13-10(3-5-20-13)16-12(17-14)8-18-6-9-2-1-4-15-11(9)7-18/h3,5,9,11,15H,1-2,4,6-8H2,(H,16,17,19)/t9-,11+/m0/s1. The van der Waals surface area contributed by atoms with Gasteiger partial charge in [0.15, 0.2) is 0 Å². The monoisotopic (exact) mass is 290 g/mol. The molecule has 0 radical (unpaired) electrons. The Hall–Kier alpha value is -1.24. The number of aromatic amines is 1. The van der Waals surface area contributed by atoms with Crippen LogP contribution in [0.4, 0.5) is 0 Å². The van der Waals surface area contributed by atoms with Crippen LogP contribution < -0.4 is 10.9 Å². The fraction of sp³-hybridized carbons (Fsp3) is 0.571. The maximum atomic E-state index is 12.0. The second-order valence-corrected chi connectivity index (χ2v) is 6.72. The summed E-state index contributed by atoms with van der Waals surface area (Å²) in [4.78, 5) is 21.9. The second kappa shape index (κ2) is 4.95. The molecular weight excluding hydrogens is 272 g/mol. The van der Waals surface area contributed by atoms with Crippen molar-refractivity contribution >= 4 is 21.6 Å². The number of thiophene rings is 1. The number of nitrogens with zero attached hydrogens (tertiary/aromatic N) is 2. The highest BCUT2D eigenvalue weighted by Crippen LogP contribution is 2.25. The lowest BCUT2D eigenvalue weighted by atomic mass is 9.94. The van der Waals surface area contributed by atoms with Crippen molar-refractivity contribution in [3.8, 4) is 0 Å². The molecule has 6 heteroatoms. The van der Waals surface area contributed by atoms with Crippen molar-refractivity contribution in [2.75, 3.05) is 19.6 Å². The minimum atomic E-state index is -0.00487. The number of fused-ring (bicyclic) bond motifs is 2. The normalized spacial score (nSPS) is 27.0. The Balaban J connectivity index is 1.54. The highest BCUT2D eigenvalue weighted by Gasteiger charge is 2.34. The van der Waals surface area contributed by atoms with Crippen LogP contribution in [0.3, 0.4) is 0 Å². The average Bonchev–Trinajstić information content (AvgIpc) is 3.04. The Morgan fingerprint density at radius 3 is 3.30 bits per heavy atom. The smallest absolute Gasteiger partial charge is 0.268 e. The summed E-state index contributed by atoms with van der Waals surface area (Å²) < 4.78 is 0.727. The highest BCUT2D eigenvalue weighted by molar-refractivity contribution is 7.17. The van der Waals surface area contributed by atoms with Crippen molar-refractivity contribution < 1.29 is 0 Å². The predicted molar refractivity (Wildman–Crippen MR) is 80.0 cm³/mol. The zero-order valence-electron chi connectivity index (χ0n) is 11.3. The minimum Gasteiger partial charge on any atom is -0.312 e. The van der Waals surface area contributed by atoms with E-state index in [1.54, 1.807) is 0 Å². The SMILES string of the molecule is O=c1[nH]c(CN2C[C@@H]3CCCN[C@@H]3C2)nc2ccsc12. The van der Waals surface area contributed by atoms with Gasteiger partial charge in [0.1, 0.15) is 10.5 Å². The van der Waals surface area contributed by atoms with Crippen molar-refractivity contribution in [1.29, 1.82) is 0 Å². The summed E-state index contributed by atoms with van der Waals surface area (Å²) in [5.41, 5.74) is 0.818. The predicted octanol–water partition coefficient (Wildman–Crippen LogP) is 1.17. The van der Waals surface area contributed by atoms with Gasteiger partial charge in [-0.05, 0) is 36.8 Å². The van der Waals surface area contributed by atoms with Crippen molar-refractivity contribution in [1.82, 2.24) is 20.2 Å². The summed E-state index contributed by atoms with van der Waals surface area (Å²) in [7, 11) is 0. The molecule has 0 unspecified atom stereocenters. The third kappa shape index (κ3) is 2.17. The first-order valence-corrected chi connectivity index (χ1v) is 8.10. The van der Waals surface area contributed by atoms with Crippen LogP contribution in [-0.2, 0) is 6.54 Å². The average molecular weight is 290 g/mol. The number of aromatic nitrogens is 2. The number of hydrogen-bond donors (Lipinski definition) is 2. The van der Waals surface area contributed by atoms with Gasteiger partial charge in [0.05, 0.1) is 12.1 Å². The largest absolute Gasteiger partial charge is 0.312 e. The minimum absolute atomic E-state index is 0.00487. The van der Waals surface area contributed by atoms with Crippen molar-refractivity contribution in [3.63, 3.8) is 0 Å². The zero-order valence-corrected chi connectivity index (χ0v) is 12.1. The Labute approximate surface area is 121 Å². The van der Waals surface area contributed by atoms with Crippen LogP contribution in [0, 0.1) is 5.92 Å². The van der Waals surface area contributed by atoms with Crippen LogP contribution in [0.25, 0.3) is 10.2 Å². The molecule has 2 N–H and O–H groups in total. The first-order valence-electron chi connectivity index (χ1n) is 7.22. The van der Waals surface area contributed by atoms with Gasteiger partial charge in [-0.1, -0.05) is 0 Å². The van der Waals surface area contributed by atoms with E-state index in [1.807, 2.05) is 11.4 Å². The molecule has 0 amide bonds. The lowest BCUT2D eigenvalue weighted by Crippen LogP contribution is -2.40. The number of H-pyrrole nitrogens is 1. The molecule has 0 aromatic carbocycles. The summed E-state index contributed by atoms with van der Waals surface area (Å²) in [5, 5.41) is 5.52. The maximum absolute atomic E-state index is 12.0. The van der Waals surface area contributed by atoms with Gasteiger partial charge >= 0.3 is 0 Å². The molecule has 2 atom stereocenters. The molecule has 4 rings (SSSR count). The first-order chi connectivity index (χ1) is 9.79. The van der Waals surface area contributed by atoms with Crippen LogP contribution in [0.2, 0.25) is 0 Å². The molecule has 5 nitrogen and oxygen atoms in total. The van der Waals surface area contributed by atoms with E-state index in [2.05, 4.69) is 20.2 Å². The Morgan fingerprint density at radius 2 is 2.40 bits per heavy atom. The van der Waals surface area contributed by atoms with E-state index in [4.69, 9.17) is 0 Å². The van der Waals surface area contributed by atoms with E-state index in [-0.39, 0.29) is 5.56 Å². The molecule has 2 fully saturated rings. The van der Waals surface area contributed by atoms with Gasteiger partial charge in [-0.25, -0.2) is 4.98 Å². The summed E-state index contributed by atoms with van der Waals surface area (Å²) in [6.45, 7) is 4.07. The number of nitrogens with one attached hydrogen (secondary N) is 2. The summed E-state index contributed by atoms with van der Waals surface area (Å²) in [6.07, 6.45) is 2.60. The van der Waals surface area contributed by atoms with Crippen molar-refractivity contribution in [3.05, 3.63) is 27.6 Å². The quantitative estimate of drug-likeness (QED) is 0.871. The number of hydrogen-bond acceptors (Lipinski definition) is 5. The topological polar surface area (TPSA) is 61.0 Å². The Kier molecular flexibility index (Phi) is 3.09. The van der Waals surface area contributed by atoms with Crippen LogP contribution in [0.1, 0.15) is 18.7 Å². The third-order valence-corrected chi connectivity index (χ3v) is 5.31. The van der Waals surface area contributed by atoms with Crippen LogP contribution in [0.15, 0.2) is 16.2 Å². The first kappa shape index (κ1) is 12.5. The number of rotatable bonds is 2. The van der Waals surface area contributed by atoms with Crippen LogP contribution >= 0.6 is 11.3 Å². The fourth-order valence-electron chi connectivity index (χ4n) is 3.47. The molecule has 2 aromatic rings. The molecule has 20 heavy (non-hydrogen) atoms. The van der Waals surface area contributed by atoms with E-state index in [0.717, 1.165) is 48.1 Å². The highest BCUT2D eigenvalue weighted by atomic mass is 32.1. The zero-order chi connectivity index (χ0) is 13.5. The lowest BCUT2D eigenvalue weighted by molar-refractivity contribution is 0.305. The van der Waals surface area contributed by atoms with E-state index >= 15 is 0 Å². The van der Waals surface area contributed by atoms with E-state index < -0.39 is 0 Å². The maximum Gasteiger partial charge on any atom is 0.268 e. The number of likely N-dealkylation sites (tertiary alicyclic amines) is 1. The van der Waals surface area contributed by atoms with Crippen molar-refractivity contribution in [2.45, 2.75) is 25.4 Å². The van der Waals surface area contributed by atoms with Crippen LogP contribution in [0.5, 0.6) is 0 Å². The van der Waals surface area contributed by atoms with Gasteiger partial charge < -0.3 is 10.3 Å². The molecule has 2 aliphatic heterocycles. The molecule has 2 aliphatic rings. The molecule has 106 valence electrons. The number of piperidine rings is 1. The van der Waals surface area contributed by atoms with Gasteiger partial charge in [-0.3, -0.25) is 9.69 Å². The second-order valence-electron chi connectivity index (χ2n) is 5.80. The molecule has 0 spiro atoms. The van der Waals surface area contributed by atoms with Gasteiger partial charge in [0.2, 0.25) is 0 Å². The summed E-state index contributed by atoms with van der Waals surface area (Å²) in [5.74, 6) is 1.56. The third-order valence-electron chi connectivity index (χ3n) is 4.41. The molecular formula is C14H18N4OS. The molecule has 0 saturated carbocycles. The molecule has 0 bridgehead atoms. The summed E-state index contributed by atoms with van der Waals surface area (Å²) >= 11 is 1.45. The summed E-state index contributed by atoms with van der Waals surface area (Å²) in [6, 6.07) is 2.55. The van der Waals surface area contributed by atoms with E-state index in [9.17, 15) is 4.79 Å². The van der Waals surface area contributed by atoms with Crippen molar-refractivity contribution in [2.24, 2.45) is 5.92 Å². The molecule has 2 saturated heterocycles. The molecule has 4 heterocycles. The van der Waals surface area contributed by atoms with E-state index in [1.165, 1.54) is 24.2 Å². The van der Waals surface area contributed by atoms with Gasteiger partial charge in [-0.2, -0.15) is 0 Å². The van der Waals surface area contributed by atoms with Crippen LogP contribution in [-0.4, -0.2) is 40.5 Å². The van der Waals surface area contributed by atoms with E-state index in [0.29, 0.717) is 6.04 Å².